The van der Waals surface area contributed by atoms with Gasteiger partial charge >= 0.3 is 12.0 Å². The van der Waals surface area contributed by atoms with Gasteiger partial charge in [0.25, 0.3) is 0 Å². The number of hydrogen-bond acceptors (Lipinski definition) is 2. The Morgan fingerprint density at radius 3 is 2.11 bits per heavy atom. The summed E-state index contributed by atoms with van der Waals surface area (Å²) < 4.78 is 0. The van der Waals surface area contributed by atoms with Crippen LogP contribution in [-0.4, -0.2) is 52.1 Å². The van der Waals surface area contributed by atoms with E-state index < -0.39 is 5.97 Å². The van der Waals surface area contributed by atoms with Crippen LogP contribution < -0.4 is 0 Å². The van der Waals surface area contributed by atoms with Crippen molar-refractivity contribution in [2.24, 2.45) is 5.92 Å². The van der Waals surface area contributed by atoms with Crippen LogP contribution in [0.5, 0.6) is 0 Å². The molecule has 1 fully saturated rings. The maximum Gasteiger partial charge on any atom is 0.323 e. The van der Waals surface area contributed by atoms with Gasteiger partial charge in [0.2, 0.25) is 0 Å². The van der Waals surface area contributed by atoms with Gasteiger partial charge in [-0.15, -0.1) is 0 Å². The largest absolute Gasteiger partial charge is 0.480 e. The number of urea groups is 1. The third kappa shape index (κ3) is 4.20. The first-order valence-corrected chi connectivity index (χ1v) is 6.62. The molecule has 0 spiro atoms. The highest BCUT2D eigenvalue weighted by molar-refractivity contribution is 5.80. The number of carboxylic acid groups (broad SMARTS) is 1. The lowest BCUT2D eigenvalue weighted by Crippen LogP contribution is -2.50. The number of carboxylic acids is 1. The molecule has 1 saturated carbocycles. The molecule has 0 saturated heterocycles. The molecule has 0 aliphatic heterocycles. The molecule has 0 radical (unpaired) electrons. The van der Waals surface area contributed by atoms with Crippen molar-refractivity contribution in [3.8, 4) is 0 Å². The van der Waals surface area contributed by atoms with E-state index in [1.54, 1.807) is 0 Å². The van der Waals surface area contributed by atoms with Crippen molar-refractivity contribution in [2.75, 3.05) is 13.1 Å². The Hall–Kier alpha value is -1.26. The maximum absolute atomic E-state index is 12.4. The first-order valence-electron chi connectivity index (χ1n) is 6.62. The summed E-state index contributed by atoms with van der Waals surface area (Å²) in [4.78, 5) is 26.5. The normalized spacial score (nSPS) is 15.0. The summed E-state index contributed by atoms with van der Waals surface area (Å²) in [5.41, 5.74) is 0. The Bertz CT molecular complexity index is 311. The Kier molecular flexibility index (Phi) is 4.99. The summed E-state index contributed by atoms with van der Waals surface area (Å²) in [5, 5.41) is 8.89. The first-order chi connectivity index (χ1) is 8.32. The molecule has 5 heteroatoms. The average molecular weight is 256 g/mol. The van der Waals surface area contributed by atoms with Crippen molar-refractivity contribution in [2.45, 2.75) is 52.6 Å². The number of rotatable bonds is 6. The molecule has 0 aromatic heterocycles. The second-order valence-electron chi connectivity index (χ2n) is 5.68. The lowest BCUT2D eigenvalue weighted by Gasteiger charge is -2.33. The summed E-state index contributed by atoms with van der Waals surface area (Å²) in [6.45, 7) is 8.31. The van der Waals surface area contributed by atoms with E-state index in [4.69, 9.17) is 5.11 Å². The van der Waals surface area contributed by atoms with E-state index in [0.29, 0.717) is 18.5 Å². The Morgan fingerprint density at radius 2 is 1.78 bits per heavy atom. The molecule has 5 nitrogen and oxygen atoms in total. The lowest BCUT2D eigenvalue weighted by atomic mass is 10.2. The molecule has 2 amide bonds. The molecule has 1 aliphatic carbocycles. The van der Waals surface area contributed by atoms with Gasteiger partial charge in [0, 0.05) is 18.6 Å². The molecule has 1 N–H and O–H groups in total. The summed E-state index contributed by atoms with van der Waals surface area (Å²) in [7, 11) is 0. The zero-order valence-electron chi connectivity index (χ0n) is 11.7. The number of hydrogen-bond donors (Lipinski definition) is 1. The van der Waals surface area contributed by atoms with E-state index in [2.05, 4.69) is 13.8 Å². The highest BCUT2D eigenvalue weighted by Crippen LogP contribution is 2.28. The summed E-state index contributed by atoms with van der Waals surface area (Å²) in [6, 6.07) is 0.0838. The highest BCUT2D eigenvalue weighted by atomic mass is 16.4. The number of amides is 2. The van der Waals surface area contributed by atoms with E-state index in [0.717, 1.165) is 12.8 Å². The molecule has 0 aromatic carbocycles. The van der Waals surface area contributed by atoms with Crippen LogP contribution in [0.1, 0.15) is 40.5 Å². The monoisotopic (exact) mass is 256 g/mol. The Labute approximate surface area is 109 Å². The zero-order chi connectivity index (χ0) is 13.9. The van der Waals surface area contributed by atoms with Gasteiger partial charge in [-0.25, -0.2) is 4.79 Å². The van der Waals surface area contributed by atoms with Gasteiger partial charge in [-0.3, -0.25) is 4.79 Å². The van der Waals surface area contributed by atoms with Crippen molar-refractivity contribution in [1.29, 1.82) is 0 Å². The third-order valence-corrected chi connectivity index (χ3v) is 2.97. The van der Waals surface area contributed by atoms with Crippen molar-refractivity contribution < 1.29 is 14.7 Å². The highest BCUT2D eigenvalue weighted by Gasteiger charge is 2.36. The molecule has 0 bridgehead atoms. The minimum atomic E-state index is -0.961. The molecule has 1 aliphatic rings. The first kappa shape index (κ1) is 14.8. The summed E-state index contributed by atoms with van der Waals surface area (Å²) in [6.07, 6.45) is 2.08. The fourth-order valence-corrected chi connectivity index (χ4v) is 1.94. The van der Waals surface area contributed by atoms with Crippen LogP contribution in [0.25, 0.3) is 0 Å². The van der Waals surface area contributed by atoms with Crippen molar-refractivity contribution in [3.63, 3.8) is 0 Å². The number of aliphatic carboxylic acids is 1. The van der Waals surface area contributed by atoms with Crippen LogP contribution in [0.15, 0.2) is 0 Å². The van der Waals surface area contributed by atoms with Crippen molar-refractivity contribution in [3.05, 3.63) is 0 Å². The molecular weight excluding hydrogens is 232 g/mol. The van der Waals surface area contributed by atoms with E-state index >= 15 is 0 Å². The summed E-state index contributed by atoms with van der Waals surface area (Å²) in [5.74, 6) is -0.564. The molecule has 18 heavy (non-hydrogen) atoms. The standard InChI is InChI=1S/C13H24N2O3/c1-9(2)7-15(11-5-6-11)13(18)14(10(3)4)8-12(16)17/h9-11H,5-8H2,1-4H3,(H,16,17). The average Bonchev–Trinajstić information content (AvgIpc) is 3.04. The van der Waals surface area contributed by atoms with Crippen LogP contribution in [0, 0.1) is 5.92 Å². The molecule has 0 aromatic rings. The minimum absolute atomic E-state index is 0.0954. The van der Waals surface area contributed by atoms with Crippen LogP contribution in [-0.2, 0) is 4.79 Å². The second kappa shape index (κ2) is 6.07. The van der Waals surface area contributed by atoms with Crippen LogP contribution in [0.3, 0.4) is 0 Å². The second-order valence-corrected chi connectivity index (χ2v) is 5.68. The Balaban J connectivity index is 2.74. The van der Waals surface area contributed by atoms with Crippen LogP contribution in [0.2, 0.25) is 0 Å². The Morgan fingerprint density at radius 1 is 1.22 bits per heavy atom. The zero-order valence-corrected chi connectivity index (χ0v) is 11.7. The van der Waals surface area contributed by atoms with Gasteiger partial charge in [-0.1, -0.05) is 13.8 Å². The van der Waals surface area contributed by atoms with Crippen LogP contribution >= 0.6 is 0 Å². The topological polar surface area (TPSA) is 60.9 Å². The predicted molar refractivity (Wildman–Crippen MR) is 69.4 cm³/mol. The van der Waals surface area contributed by atoms with Gasteiger partial charge < -0.3 is 14.9 Å². The van der Waals surface area contributed by atoms with Gasteiger partial charge in [-0.2, -0.15) is 0 Å². The van der Waals surface area contributed by atoms with Gasteiger partial charge in [0.1, 0.15) is 6.54 Å². The van der Waals surface area contributed by atoms with E-state index in [1.807, 2.05) is 18.7 Å². The molecule has 0 heterocycles. The molecule has 0 unspecified atom stereocenters. The molecule has 1 rings (SSSR count). The van der Waals surface area contributed by atoms with Gasteiger partial charge in [0.05, 0.1) is 0 Å². The third-order valence-electron chi connectivity index (χ3n) is 2.97. The molecule has 104 valence electrons. The quantitative estimate of drug-likeness (QED) is 0.791. The van der Waals surface area contributed by atoms with Crippen molar-refractivity contribution in [1.82, 2.24) is 9.80 Å². The maximum atomic E-state index is 12.4. The predicted octanol–water partition coefficient (Wildman–Crippen LogP) is 2.02. The SMILES string of the molecule is CC(C)CN(C(=O)N(CC(=O)O)C(C)C)C1CC1. The minimum Gasteiger partial charge on any atom is -0.480 e. The fourth-order valence-electron chi connectivity index (χ4n) is 1.94. The number of carbonyl (C=O) groups is 2. The molecule has 0 atom stereocenters. The molecular formula is C13H24N2O3. The number of carbonyl (C=O) groups excluding carboxylic acids is 1. The lowest BCUT2D eigenvalue weighted by molar-refractivity contribution is -0.138. The van der Waals surface area contributed by atoms with E-state index in [-0.39, 0.29) is 18.6 Å². The van der Waals surface area contributed by atoms with E-state index in [9.17, 15) is 9.59 Å². The van der Waals surface area contributed by atoms with Gasteiger partial charge in [0.15, 0.2) is 0 Å². The van der Waals surface area contributed by atoms with Gasteiger partial charge in [-0.05, 0) is 32.6 Å². The van der Waals surface area contributed by atoms with Crippen molar-refractivity contribution >= 4 is 12.0 Å². The van der Waals surface area contributed by atoms with E-state index in [1.165, 1.54) is 4.90 Å². The summed E-state index contributed by atoms with van der Waals surface area (Å²) >= 11 is 0. The smallest absolute Gasteiger partial charge is 0.323 e. The van der Waals surface area contributed by atoms with Crippen LogP contribution in [0.4, 0.5) is 4.79 Å². The fraction of sp³-hybridized carbons (Fsp3) is 0.846. The number of nitrogens with zero attached hydrogens (tertiary/aromatic N) is 2.